The number of ether oxygens (including phenoxy) is 1. The largest absolute Gasteiger partial charge is 0.444 e. The molecule has 5 nitrogen and oxygen atoms in total. The van der Waals surface area contributed by atoms with Gasteiger partial charge in [-0.2, -0.15) is 0 Å². The fourth-order valence-corrected chi connectivity index (χ4v) is 3.59. The van der Waals surface area contributed by atoms with Gasteiger partial charge in [0.25, 0.3) is 0 Å². The van der Waals surface area contributed by atoms with Gasteiger partial charge in [0.15, 0.2) is 5.13 Å². The first-order valence-electron chi connectivity index (χ1n) is 8.66. The molecule has 3 rings (SSSR count). The van der Waals surface area contributed by atoms with E-state index in [0.717, 1.165) is 29.2 Å². The molecule has 0 atom stereocenters. The molecule has 6 heteroatoms. The number of thiazole rings is 1. The molecule has 1 aromatic heterocycles. The lowest BCUT2D eigenvalue weighted by atomic mass is 10.1. The summed E-state index contributed by atoms with van der Waals surface area (Å²) in [5.41, 5.74) is 1.69. The summed E-state index contributed by atoms with van der Waals surface area (Å²) in [5.74, 6) is 0. The molecule has 1 fully saturated rings. The van der Waals surface area contributed by atoms with Crippen LogP contribution in [0.4, 0.5) is 9.93 Å². The van der Waals surface area contributed by atoms with Crippen LogP contribution in [-0.4, -0.2) is 40.7 Å². The van der Waals surface area contributed by atoms with Crippen molar-refractivity contribution in [1.82, 2.24) is 9.88 Å². The number of hydrogen-bond donors (Lipinski definition) is 1. The summed E-state index contributed by atoms with van der Waals surface area (Å²) in [7, 11) is 0. The quantitative estimate of drug-likeness (QED) is 0.869. The molecule has 1 aliphatic heterocycles. The zero-order valence-electron chi connectivity index (χ0n) is 15.0. The van der Waals surface area contributed by atoms with E-state index in [1.54, 1.807) is 16.2 Å². The van der Waals surface area contributed by atoms with Gasteiger partial charge >= 0.3 is 6.09 Å². The van der Waals surface area contributed by atoms with Crippen LogP contribution in [0.5, 0.6) is 0 Å². The van der Waals surface area contributed by atoms with Crippen LogP contribution in [0.1, 0.15) is 33.6 Å². The van der Waals surface area contributed by atoms with Gasteiger partial charge in [0.1, 0.15) is 5.60 Å². The van der Waals surface area contributed by atoms with Gasteiger partial charge in [-0.1, -0.05) is 30.3 Å². The first kappa shape index (κ1) is 17.7. The maximum atomic E-state index is 12.1. The van der Waals surface area contributed by atoms with Gasteiger partial charge in [-0.25, -0.2) is 9.78 Å². The topological polar surface area (TPSA) is 54.5 Å². The van der Waals surface area contributed by atoms with E-state index in [-0.39, 0.29) is 6.09 Å². The standard InChI is InChI=1S/C19H25N3O2S/c1-19(2,3)24-18(23)22-11-9-15(10-12-22)20-17-21-16(13-25-17)14-7-5-4-6-8-14/h4-8,13,15H,9-12H2,1-3H3,(H,20,21). The Labute approximate surface area is 153 Å². The molecule has 0 aliphatic carbocycles. The maximum Gasteiger partial charge on any atom is 0.410 e. The Morgan fingerprint density at radius 2 is 1.92 bits per heavy atom. The molecule has 0 bridgehead atoms. The van der Waals surface area contributed by atoms with Crippen molar-refractivity contribution >= 4 is 22.6 Å². The highest BCUT2D eigenvalue weighted by Crippen LogP contribution is 2.26. The SMILES string of the molecule is CC(C)(C)OC(=O)N1CCC(Nc2nc(-c3ccccc3)cs2)CC1. The third-order valence-corrected chi connectivity index (χ3v) is 4.82. The van der Waals surface area contributed by atoms with Crippen molar-refractivity contribution in [2.24, 2.45) is 0 Å². The van der Waals surface area contributed by atoms with E-state index in [1.165, 1.54) is 0 Å². The number of carbonyl (C=O) groups is 1. The van der Waals surface area contributed by atoms with Crippen LogP contribution in [0.3, 0.4) is 0 Å². The Balaban J connectivity index is 1.51. The van der Waals surface area contributed by atoms with Crippen LogP contribution in [-0.2, 0) is 4.74 Å². The number of nitrogens with zero attached hydrogens (tertiary/aromatic N) is 2. The number of benzene rings is 1. The Bertz CT molecular complexity index is 701. The first-order chi connectivity index (χ1) is 11.9. The summed E-state index contributed by atoms with van der Waals surface area (Å²) in [4.78, 5) is 18.6. The molecule has 25 heavy (non-hydrogen) atoms. The van der Waals surface area contributed by atoms with Crippen LogP contribution in [0.25, 0.3) is 11.3 Å². The molecule has 0 spiro atoms. The second-order valence-corrected chi connectivity index (χ2v) is 8.15. The van der Waals surface area contributed by atoms with E-state index >= 15 is 0 Å². The van der Waals surface area contributed by atoms with E-state index in [2.05, 4.69) is 27.8 Å². The highest BCUT2D eigenvalue weighted by atomic mass is 32.1. The molecule has 0 saturated carbocycles. The van der Waals surface area contributed by atoms with E-state index in [1.807, 2.05) is 39.0 Å². The second kappa shape index (κ2) is 7.44. The lowest BCUT2D eigenvalue weighted by molar-refractivity contribution is 0.0210. The van der Waals surface area contributed by atoms with Crippen LogP contribution < -0.4 is 5.32 Å². The summed E-state index contributed by atoms with van der Waals surface area (Å²) in [5, 5.41) is 6.52. The number of nitrogens with one attached hydrogen (secondary N) is 1. The van der Waals surface area contributed by atoms with Crippen LogP contribution in [0.2, 0.25) is 0 Å². The second-order valence-electron chi connectivity index (χ2n) is 7.29. The summed E-state index contributed by atoms with van der Waals surface area (Å²) in [6, 6.07) is 10.5. The average Bonchev–Trinajstić information content (AvgIpc) is 3.03. The average molecular weight is 359 g/mol. The van der Waals surface area contributed by atoms with E-state index < -0.39 is 5.60 Å². The van der Waals surface area contributed by atoms with Crippen molar-refractivity contribution < 1.29 is 9.53 Å². The minimum atomic E-state index is -0.444. The highest BCUT2D eigenvalue weighted by molar-refractivity contribution is 7.14. The number of rotatable bonds is 3. The Morgan fingerprint density at radius 1 is 1.24 bits per heavy atom. The van der Waals surface area contributed by atoms with Gasteiger partial charge in [0, 0.05) is 30.1 Å². The van der Waals surface area contributed by atoms with Gasteiger partial charge in [0.2, 0.25) is 0 Å². The van der Waals surface area contributed by atoms with Crippen molar-refractivity contribution in [3.05, 3.63) is 35.7 Å². The summed E-state index contributed by atoms with van der Waals surface area (Å²) >= 11 is 1.63. The summed E-state index contributed by atoms with van der Waals surface area (Å²) < 4.78 is 5.44. The minimum Gasteiger partial charge on any atom is -0.444 e. The van der Waals surface area contributed by atoms with Crippen molar-refractivity contribution in [2.75, 3.05) is 18.4 Å². The molecule has 134 valence electrons. The summed E-state index contributed by atoms with van der Waals surface area (Å²) in [6.45, 7) is 7.11. The van der Waals surface area contributed by atoms with Crippen molar-refractivity contribution in [2.45, 2.75) is 45.3 Å². The molecule has 1 saturated heterocycles. The van der Waals surface area contributed by atoms with Gasteiger partial charge < -0.3 is 15.0 Å². The minimum absolute atomic E-state index is 0.216. The van der Waals surface area contributed by atoms with Crippen LogP contribution >= 0.6 is 11.3 Å². The van der Waals surface area contributed by atoms with E-state index in [9.17, 15) is 4.79 Å². The number of carbonyl (C=O) groups excluding carboxylic acids is 1. The predicted molar refractivity (Wildman–Crippen MR) is 102 cm³/mol. The molecule has 0 unspecified atom stereocenters. The molecule has 2 aromatic rings. The van der Waals surface area contributed by atoms with Gasteiger partial charge in [-0.05, 0) is 33.6 Å². The van der Waals surface area contributed by atoms with Crippen LogP contribution in [0, 0.1) is 0 Å². The Kier molecular flexibility index (Phi) is 5.27. The molecule has 1 N–H and O–H groups in total. The molecule has 1 amide bonds. The lowest BCUT2D eigenvalue weighted by Crippen LogP contribution is -2.44. The molecular formula is C19H25N3O2S. The van der Waals surface area contributed by atoms with Crippen molar-refractivity contribution in [3.8, 4) is 11.3 Å². The lowest BCUT2D eigenvalue weighted by Gasteiger charge is -2.33. The number of anilines is 1. The third-order valence-electron chi connectivity index (χ3n) is 4.05. The Morgan fingerprint density at radius 3 is 2.56 bits per heavy atom. The first-order valence-corrected chi connectivity index (χ1v) is 9.54. The predicted octanol–water partition coefficient (Wildman–Crippen LogP) is 4.62. The third kappa shape index (κ3) is 4.95. The van der Waals surface area contributed by atoms with Crippen molar-refractivity contribution in [1.29, 1.82) is 0 Å². The summed E-state index contributed by atoms with van der Waals surface area (Å²) in [6.07, 6.45) is 1.59. The number of piperidine rings is 1. The normalized spacial score (nSPS) is 15.9. The monoisotopic (exact) mass is 359 g/mol. The highest BCUT2D eigenvalue weighted by Gasteiger charge is 2.27. The van der Waals surface area contributed by atoms with Gasteiger partial charge in [-0.3, -0.25) is 0 Å². The maximum absolute atomic E-state index is 12.1. The zero-order chi connectivity index (χ0) is 17.9. The van der Waals surface area contributed by atoms with E-state index in [0.29, 0.717) is 19.1 Å². The number of aromatic nitrogens is 1. The zero-order valence-corrected chi connectivity index (χ0v) is 15.8. The van der Waals surface area contributed by atoms with Crippen molar-refractivity contribution in [3.63, 3.8) is 0 Å². The van der Waals surface area contributed by atoms with E-state index in [4.69, 9.17) is 4.74 Å². The molecule has 1 aliphatic rings. The number of amides is 1. The molecule has 0 radical (unpaired) electrons. The number of likely N-dealkylation sites (tertiary alicyclic amines) is 1. The van der Waals surface area contributed by atoms with Gasteiger partial charge in [-0.15, -0.1) is 11.3 Å². The molecular weight excluding hydrogens is 334 g/mol. The smallest absolute Gasteiger partial charge is 0.410 e. The molecule has 2 heterocycles. The fraction of sp³-hybridized carbons (Fsp3) is 0.474. The number of hydrogen-bond acceptors (Lipinski definition) is 5. The fourth-order valence-electron chi connectivity index (χ4n) is 2.79. The van der Waals surface area contributed by atoms with Gasteiger partial charge in [0.05, 0.1) is 5.69 Å². The molecule has 1 aromatic carbocycles. The van der Waals surface area contributed by atoms with Crippen LogP contribution in [0.15, 0.2) is 35.7 Å². The Hall–Kier alpha value is -2.08.